The summed E-state index contributed by atoms with van der Waals surface area (Å²) in [6, 6.07) is 8.71. The van der Waals surface area contributed by atoms with Crippen LogP contribution in [0.3, 0.4) is 0 Å². The van der Waals surface area contributed by atoms with E-state index in [4.69, 9.17) is 4.42 Å². The van der Waals surface area contributed by atoms with Gasteiger partial charge in [0.2, 0.25) is 0 Å². The van der Waals surface area contributed by atoms with E-state index in [1.54, 1.807) is 31.3 Å². The van der Waals surface area contributed by atoms with Crippen LogP contribution in [0.4, 0.5) is 5.69 Å². The van der Waals surface area contributed by atoms with Crippen LogP contribution in [0.2, 0.25) is 0 Å². The van der Waals surface area contributed by atoms with E-state index in [9.17, 15) is 9.59 Å². The van der Waals surface area contributed by atoms with E-state index in [1.807, 2.05) is 6.07 Å². The van der Waals surface area contributed by atoms with Crippen molar-refractivity contribution in [1.82, 2.24) is 5.32 Å². The van der Waals surface area contributed by atoms with Gasteiger partial charge in [-0.3, -0.25) is 4.79 Å². The van der Waals surface area contributed by atoms with Crippen LogP contribution >= 0.6 is 0 Å². The molecule has 0 spiro atoms. The quantitative estimate of drug-likeness (QED) is 0.823. The summed E-state index contributed by atoms with van der Waals surface area (Å²) in [4.78, 5) is 22.8. The van der Waals surface area contributed by atoms with Gasteiger partial charge < -0.3 is 19.8 Å². The average molecular weight is 288 g/mol. The molecular weight excluding hydrogens is 272 g/mol. The first-order valence-corrected chi connectivity index (χ1v) is 6.35. The Bertz CT molecular complexity index is 649. The molecule has 0 aliphatic carbocycles. The van der Waals surface area contributed by atoms with Crippen molar-refractivity contribution in [3.8, 4) is 0 Å². The third kappa shape index (κ3) is 3.62. The van der Waals surface area contributed by atoms with Gasteiger partial charge in [0.05, 0.1) is 19.2 Å². The largest absolute Gasteiger partial charge is 0.467 e. The highest BCUT2D eigenvalue weighted by molar-refractivity contribution is 5.94. The van der Waals surface area contributed by atoms with E-state index in [-0.39, 0.29) is 5.91 Å². The first-order valence-electron chi connectivity index (χ1n) is 6.35. The Morgan fingerprint density at radius 2 is 2.05 bits per heavy atom. The maximum Gasteiger partial charge on any atom is 0.341 e. The number of esters is 1. The number of methoxy groups -OCH3 is 1. The predicted molar refractivity (Wildman–Crippen MR) is 77.2 cm³/mol. The van der Waals surface area contributed by atoms with E-state index in [0.29, 0.717) is 23.4 Å². The smallest absolute Gasteiger partial charge is 0.341 e. The standard InChI is InChI=1S/C15H16N2O4/c1-16-14(18)10-4-3-5-12(6-10)17-8-13-7-11(9-21-13)15(19)20-2/h3-7,9,17H,8H2,1-2H3,(H,16,18). The summed E-state index contributed by atoms with van der Waals surface area (Å²) in [6.45, 7) is 0.397. The molecule has 110 valence electrons. The summed E-state index contributed by atoms with van der Waals surface area (Å²) < 4.78 is 9.87. The Morgan fingerprint density at radius 1 is 1.24 bits per heavy atom. The Labute approximate surface area is 122 Å². The maximum absolute atomic E-state index is 11.5. The molecule has 1 amide bonds. The molecule has 2 rings (SSSR count). The number of rotatable bonds is 5. The number of amides is 1. The number of hydrogen-bond acceptors (Lipinski definition) is 5. The number of carbonyl (C=O) groups excluding carboxylic acids is 2. The van der Waals surface area contributed by atoms with Crippen molar-refractivity contribution in [1.29, 1.82) is 0 Å². The number of hydrogen-bond donors (Lipinski definition) is 2. The number of nitrogens with one attached hydrogen (secondary N) is 2. The lowest BCUT2D eigenvalue weighted by Gasteiger charge is -2.06. The zero-order valence-electron chi connectivity index (χ0n) is 11.8. The third-order valence-corrected chi connectivity index (χ3v) is 2.89. The van der Waals surface area contributed by atoms with Crippen LogP contribution in [0, 0.1) is 0 Å². The summed E-state index contributed by atoms with van der Waals surface area (Å²) in [5, 5.41) is 5.69. The minimum Gasteiger partial charge on any atom is -0.467 e. The van der Waals surface area contributed by atoms with Crippen molar-refractivity contribution in [2.75, 3.05) is 19.5 Å². The van der Waals surface area contributed by atoms with Gasteiger partial charge in [-0.2, -0.15) is 0 Å². The number of ether oxygens (including phenoxy) is 1. The summed E-state index contributed by atoms with van der Waals surface area (Å²) in [5.41, 5.74) is 1.72. The highest BCUT2D eigenvalue weighted by atomic mass is 16.5. The number of carbonyl (C=O) groups is 2. The maximum atomic E-state index is 11.5. The van der Waals surface area contributed by atoms with Gasteiger partial charge in [0.1, 0.15) is 12.0 Å². The molecule has 2 aromatic rings. The lowest BCUT2D eigenvalue weighted by molar-refractivity contribution is 0.0599. The molecule has 21 heavy (non-hydrogen) atoms. The molecule has 0 aliphatic rings. The van der Waals surface area contributed by atoms with Gasteiger partial charge in [0, 0.05) is 18.3 Å². The average Bonchev–Trinajstić information content (AvgIpc) is 3.00. The molecular formula is C15H16N2O4. The van der Waals surface area contributed by atoms with Crippen molar-refractivity contribution >= 4 is 17.6 Å². The Hall–Kier alpha value is -2.76. The fourth-order valence-corrected chi connectivity index (χ4v) is 1.80. The second-order valence-corrected chi connectivity index (χ2v) is 4.31. The molecule has 2 N–H and O–H groups in total. The van der Waals surface area contributed by atoms with Crippen molar-refractivity contribution < 1.29 is 18.7 Å². The monoisotopic (exact) mass is 288 g/mol. The highest BCUT2D eigenvalue weighted by Gasteiger charge is 2.10. The van der Waals surface area contributed by atoms with Gasteiger partial charge in [-0.1, -0.05) is 6.07 Å². The molecule has 0 radical (unpaired) electrons. The van der Waals surface area contributed by atoms with E-state index < -0.39 is 5.97 Å². The topological polar surface area (TPSA) is 80.6 Å². The molecule has 0 fully saturated rings. The fourth-order valence-electron chi connectivity index (χ4n) is 1.80. The van der Waals surface area contributed by atoms with Crippen molar-refractivity contribution in [3.05, 3.63) is 53.5 Å². The molecule has 1 aromatic heterocycles. The number of furan rings is 1. The van der Waals surface area contributed by atoms with Crippen molar-refractivity contribution in [2.45, 2.75) is 6.54 Å². The van der Waals surface area contributed by atoms with Gasteiger partial charge in [-0.05, 0) is 24.3 Å². The molecule has 1 heterocycles. The van der Waals surface area contributed by atoms with Crippen molar-refractivity contribution in [3.63, 3.8) is 0 Å². The van der Waals surface area contributed by atoms with Gasteiger partial charge in [-0.15, -0.1) is 0 Å². The van der Waals surface area contributed by atoms with Gasteiger partial charge in [0.15, 0.2) is 0 Å². The molecule has 0 unspecified atom stereocenters. The van der Waals surface area contributed by atoms with Crippen LogP contribution in [-0.2, 0) is 11.3 Å². The third-order valence-electron chi connectivity index (χ3n) is 2.89. The minimum absolute atomic E-state index is 0.148. The Balaban J connectivity index is 2.01. The zero-order chi connectivity index (χ0) is 15.2. The fraction of sp³-hybridized carbons (Fsp3) is 0.200. The van der Waals surface area contributed by atoms with Crippen LogP contribution in [0.5, 0.6) is 0 Å². The molecule has 0 aliphatic heterocycles. The van der Waals surface area contributed by atoms with Crippen molar-refractivity contribution in [2.24, 2.45) is 0 Å². The van der Waals surface area contributed by atoms with E-state index >= 15 is 0 Å². The molecule has 0 atom stereocenters. The lowest BCUT2D eigenvalue weighted by Crippen LogP contribution is -2.17. The predicted octanol–water partition coefficient (Wildman–Crippen LogP) is 2.04. The van der Waals surface area contributed by atoms with E-state index in [1.165, 1.54) is 13.4 Å². The second-order valence-electron chi connectivity index (χ2n) is 4.31. The molecule has 1 aromatic carbocycles. The minimum atomic E-state index is -0.438. The van der Waals surface area contributed by atoms with Crippen LogP contribution in [-0.4, -0.2) is 26.0 Å². The Morgan fingerprint density at radius 3 is 2.76 bits per heavy atom. The first kappa shape index (κ1) is 14.6. The summed E-state index contributed by atoms with van der Waals surface area (Å²) in [7, 11) is 2.90. The molecule has 0 saturated carbocycles. The normalized spacial score (nSPS) is 10.0. The second kappa shape index (κ2) is 6.60. The van der Waals surface area contributed by atoms with Crippen LogP contribution in [0.15, 0.2) is 41.0 Å². The number of benzene rings is 1. The SMILES string of the molecule is CNC(=O)c1cccc(NCc2cc(C(=O)OC)co2)c1. The molecule has 0 saturated heterocycles. The van der Waals surface area contributed by atoms with Gasteiger partial charge in [-0.25, -0.2) is 4.79 Å². The van der Waals surface area contributed by atoms with E-state index in [0.717, 1.165) is 5.69 Å². The van der Waals surface area contributed by atoms with Crippen LogP contribution in [0.25, 0.3) is 0 Å². The number of anilines is 1. The van der Waals surface area contributed by atoms with Crippen LogP contribution < -0.4 is 10.6 Å². The first-order chi connectivity index (χ1) is 10.1. The van der Waals surface area contributed by atoms with Gasteiger partial charge in [0.25, 0.3) is 5.91 Å². The summed E-state index contributed by atoms with van der Waals surface area (Å²) in [6.07, 6.45) is 1.35. The Kier molecular flexibility index (Phi) is 4.61. The van der Waals surface area contributed by atoms with Crippen LogP contribution in [0.1, 0.15) is 26.5 Å². The molecule has 0 bridgehead atoms. The molecule has 6 nitrogen and oxygen atoms in total. The zero-order valence-corrected chi connectivity index (χ0v) is 11.8. The van der Waals surface area contributed by atoms with Gasteiger partial charge >= 0.3 is 5.97 Å². The highest BCUT2D eigenvalue weighted by Crippen LogP contribution is 2.14. The summed E-state index contributed by atoms with van der Waals surface area (Å²) in [5.74, 6) is 0.0111. The lowest BCUT2D eigenvalue weighted by atomic mass is 10.2. The summed E-state index contributed by atoms with van der Waals surface area (Å²) >= 11 is 0. The van der Waals surface area contributed by atoms with E-state index in [2.05, 4.69) is 15.4 Å². The molecule has 6 heteroatoms.